The number of hydrogen-bond donors (Lipinski definition) is 2. The number of nitrogens with zero attached hydrogens (tertiary/aromatic N) is 1. The maximum Gasteiger partial charge on any atom is 0.262 e. The molecule has 3 rings (SSSR count). The van der Waals surface area contributed by atoms with E-state index < -0.39 is 0 Å². The van der Waals surface area contributed by atoms with Gasteiger partial charge in [-0.05, 0) is 42.8 Å². The number of fused-ring (bicyclic) bond motifs is 1. The zero-order chi connectivity index (χ0) is 17.1. The van der Waals surface area contributed by atoms with E-state index in [1.807, 2.05) is 19.1 Å². The van der Waals surface area contributed by atoms with Crippen LogP contribution in [0.25, 0.3) is 0 Å². The molecule has 1 aliphatic heterocycles. The molecule has 0 bridgehead atoms. The number of rotatable bonds is 3. The van der Waals surface area contributed by atoms with Crippen LogP contribution in [0.15, 0.2) is 42.5 Å². The Morgan fingerprint density at radius 1 is 1.33 bits per heavy atom. The van der Waals surface area contributed by atoms with Crippen molar-refractivity contribution in [3.63, 3.8) is 0 Å². The quantitative estimate of drug-likeness (QED) is 0.908. The molecule has 0 saturated heterocycles. The lowest BCUT2D eigenvalue weighted by Gasteiger charge is -2.21. The minimum absolute atomic E-state index is 0.00781. The SMILES string of the molecule is CC(NC(=O)c1cccc(C#N)c1)c1ccc2c(c1)NC(=O)CO2. The Hall–Kier alpha value is -3.33. The molecule has 2 amide bonds. The van der Waals surface area contributed by atoms with Crippen LogP contribution in [0.2, 0.25) is 0 Å². The van der Waals surface area contributed by atoms with E-state index in [1.54, 1.807) is 36.4 Å². The van der Waals surface area contributed by atoms with Gasteiger partial charge in [-0.2, -0.15) is 5.26 Å². The van der Waals surface area contributed by atoms with Gasteiger partial charge in [-0.1, -0.05) is 12.1 Å². The first kappa shape index (κ1) is 15.6. The van der Waals surface area contributed by atoms with Gasteiger partial charge in [0, 0.05) is 5.56 Å². The third kappa shape index (κ3) is 3.20. The second-order valence-corrected chi connectivity index (χ2v) is 5.48. The number of amides is 2. The number of carbonyl (C=O) groups is 2. The zero-order valence-electron chi connectivity index (χ0n) is 13.0. The van der Waals surface area contributed by atoms with E-state index in [2.05, 4.69) is 10.6 Å². The first-order valence-electron chi connectivity index (χ1n) is 7.44. The molecule has 24 heavy (non-hydrogen) atoms. The van der Waals surface area contributed by atoms with Crippen LogP contribution in [0.4, 0.5) is 5.69 Å². The molecule has 0 aromatic heterocycles. The lowest BCUT2D eigenvalue weighted by atomic mass is 10.1. The lowest BCUT2D eigenvalue weighted by molar-refractivity contribution is -0.118. The zero-order valence-corrected chi connectivity index (χ0v) is 13.0. The summed E-state index contributed by atoms with van der Waals surface area (Å²) < 4.78 is 5.32. The summed E-state index contributed by atoms with van der Waals surface area (Å²) in [7, 11) is 0. The molecule has 6 heteroatoms. The van der Waals surface area contributed by atoms with Crippen LogP contribution in [0.3, 0.4) is 0 Å². The Morgan fingerprint density at radius 3 is 2.96 bits per heavy atom. The minimum Gasteiger partial charge on any atom is -0.482 e. The fourth-order valence-electron chi connectivity index (χ4n) is 2.46. The van der Waals surface area contributed by atoms with E-state index in [0.717, 1.165) is 5.56 Å². The summed E-state index contributed by atoms with van der Waals surface area (Å²) >= 11 is 0. The second kappa shape index (κ2) is 6.42. The van der Waals surface area contributed by atoms with Gasteiger partial charge in [0.2, 0.25) is 0 Å². The molecule has 2 aromatic rings. The molecule has 1 atom stereocenters. The lowest BCUT2D eigenvalue weighted by Crippen LogP contribution is -2.28. The smallest absolute Gasteiger partial charge is 0.262 e. The third-order valence-electron chi connectivity index (χ3n) is 3.74. The van der Waals surface area contributed by atoms with Crippen molar-refractivity contribution in [3.8, 4) is 11.8 Å². The number of hydrogen-bond acceptors (Lipinski definition) is 4. The summed E-state index contributed by atoms with van der Waals surface area (Å²) in [6.45, 7) is 1.85. The molecular formula is C18H15N3O3. The normalized spacial score (nSPS) is 13.8. The fourth-order valence-corrected chi connectivity index (χ4v) is 2.46. The molecule has 1 aliphatic rings. The molecule has 1 heterocycles. The Kier molecular flexibility index (Phi) is 4.17. The Balaban J connectivity index is 1.76. The van der Waals surface area contributed by atoms with Crippen LogP contribution in [0.5, 0.6) is 5.75 Å². The van der Waals surface area contributed by atoms with Gasteiger partial charge in [-0.25, -0.2) is 0 Å². The van der Waals surface area contributed by atoms with E-state index in [9.17, 15) is 9.59 Å². The summed E-state index contributed by atoms with van der Waals surface area (Å²) in [5.74, 6) is 0.140. The van der Waals surface area contributed by atoms with Crippen molar-refractivity contribution in [2.24, 2.45) is 0 Å². The number of nitriles is 1. The molecule has 120 valence electrons. The maximum atomic E-state index is 12.3. The largest absolute Gasteiger partial charge is 0.482 e. The molecule has 2 aromatic carbocycles. The molecule has 6 nitrogen and oxygen atoms in total. The van der Waals surface area contributed by atoms with Crippen molar-refractivity contribution in [1.82, 2.24) is 5.32 Å². The predicted octanol–water partition coefficient (Wildman–Crippen LogP) is 2.38. The highest BCUT2D eigenvalue weighted by atomic mass is 16.5. The predicted molar refractivity (Wildman–Crippen MR) is 87.6 cm³/mol. The molecular weight excluding hydrogens is 306 g/mol. The average molecular weight is 321 g/mol. The molecule has 2 N–H and O–H groups in total. The Morgan fingerprint density at radius 2 is 2.17 bits per heavy atom. The van der Waals surface area contributed by atoms with Gasteiger partial charge in [0.1, 0.15) is 5.75 Å². The Bertz CT molecular complexity index is 855. The van der Waals surface area contributed by atoms with Gasteiger partial charge in [0.05, 0.1) is 23.4 Å². The van der Waals surface area contributed by atoms with Crippen LogP contribution >= 0.6 is 0 Å². The standard InChI is InChI=1S/C18H15N3O3/c1-11(20-18(23)14-4-2-3-12(7-14)9-19)13-5-6-16-15(8-13)21-17(22)10-24-16/h2-8,11H,10H2,1H3,(H,20,23)(H,21,22). The average Bonchev–Trinajstić information content (AvgIpc) is 2.61. The molecule has 0 spiro atoms. The minimum atomic E-state index is -0.271. The van der Waals surface area contributed by atoms with Crippen LogP contribution in [0, 0.1) is 11.3 Å². The first-order chi connectivity index (χ1) is 11.6. The molecule has 1 unspecified atom stereocenters. The van der Waals surface area contributed by atoms with Gasteiger partial charge < -0.3 is 15.4 Å². The van der Waals surface area contributed by atoms with Crippen LogP contribution in [-0.2, 0) is 4.79 Å². The fraction of sp³-hybridized carbons (Fsp3) is 0.167. The van der Waals surface area contributed by atoms with Gasteiger partial charge in [0.15, 0.2) is 6.61 Å². The summed E-state index contributed by atoms with van der Waals surface area (Å²) in [4.78, 5) is 23.7. The van der Waals surface area contributed by atoms with E-state index in [-0.39, 0.29) is 24.5 Å². The second-order valence-electron chi connectivity index (χ2n) is 5.48. The number of nitrogens with one attached hydrogen (secondary N) is 2. The van der Waals surface area contributed by atoms with E-state index in [1.165, 1.54) is 0 Å². The summed E-state index contributed by atoms with van der Waals surface area (Å²) in [6, 6.07) is 13.6. The summed E-state index contributed by atoms with van der Waals surface area (Å²) in [6.07, 6.45) is 0. The molecule has 0 fully saturated rings. The maximum absolute atomic E-state index is 12.3. The monoisotopic (exact) mass is 321 g/mol. The summed E-state index contributed by atoms with van der Waals surface area (Å²) in [5.41, 5.74) is 2.29. The van der Waals surface area contributed by atoms with Crippen molar-refractivity contribution in [1.29, 1.82) is 5.26 Å². The number of ether oxygens (including phenoxy) is 1. The molecule has 0 radical (unpaired) electrons. The third-order valence-corrected chi connectivity index (χ3v) is 3.74. The van der Waals surface area contributed by atoms with Crippen LogP contribution in [0.1, 0.15) is 34.5 Å². The first-order valence-corrected chi connectivity index (χ1v) is 7.44. The van der Waals surface area contributed by atoms with Crippen LogP contribution < -0.4 is 15.4 Å². The highest BCUT2D eigenvalue weighted by Crippen LogP contribution is 2.30. The Labute approximate surface area is 139 Å². The topological polar surface area (TPSA) is 91.2 Å². The van der Waals surface area contributed by atoms with Gasteiger partial charge >= 0.3 is 0 Å². The molecule has 0 saturated carbocycles. The van der Waals surface area contributed by atoms with E-state index >= 15 is 0 Å². The van der Waals surface area contributed by atoms with Crippen molar-refractivity contribution < 1.29 is 14.3 Å². The van der Waals surface area contributed by atoms with Crippen molar-refractivity contribution in [2.45, 2.75) is 13.0 Å². The highest BCUT2D eigenvalue weighted by molar-refractivity contribution is 5.96. The molecule has 0 aliphatic carbocycles. The highest BCUT2D eigenvalue weighted by Gasteiger charge is 2.18. The number of benzene rings is 2. The van der Waals surface area contributed by atoms with Crippen molar-refractivity contribution in [2.75, 3.05) is 11.9 Å². The number of carbonyl (C=O) groups excluding carboxylic acids is 2. The van der Waals surface area contributed by atoms with Crippen LogP contribution in [-0.4, -0.2) is 18.4 Å². The van der Waals surface area contributed by atoms with Crippen molar-refractivity contribution >= 4 is 17.5 Å². The van der Waals surface area contributed by atoms with E-state index in [4.69, 9.17) is 10.00 Å². The van der Waals surface area contributed by atoms with Crippen molar-refractivity contribution in [3.05, 3.63) is 59.2 Å². The van der Waals surface area contributed by atoms with Gasteiger partial charge in [0.25, 0.3) is 11.8 Å². The summed E-state index contributed by atoms with van der Waals surface area (Å²) in [5, 5.41) is 14.5. The van der Waals surface area contributed by atoms with Gasteiger partial charge in [-0.3, -0.25) is 9.59 Å². The number of anilines is 1. The van der Waals surface area contributed by atoms with E-state index in [0.29, 0.717) is 22.6 Å². The van der Waals surface area contributed by atoms with Gasteiger partial charge in [-0.15, -0.1) is 0 Å².